The molecule has 1 aliphatic rings. The first kappa shape index (κ1) is 21.9. The molecule has 7 nitrogen and oxygen atoms in total. The summed E-state index contributed by atoms with van der Waals surface area (Å²) < 4.78 is 10.5. The van der Waals surface area contributed by atoms with Crippen molar-refractivity contribution in [2.75, 3.05) is 14.2 Å². The molecule has 0 atom stereocenters. The van der Waals surface area contributed by atoms with E-state index in [0.717, 1.165) is 12.8 Å². The van der Waals surface area contributed by atoms with E-state index in [-0.39, 0.29) is 5.56 Å². The summed E-state index contributed by atoms with van der Waals surface area (Å²) in [5.41, 5.74) is 0.250. The summed E-state index contributed by atoms with van der Waals surface area (Å²) in [4.78, 5) is 29.1. The highest BCUT2D eigenvalue weighted by Gasteiger charge is 2.42. The predicted octanol–water partition coefficient (Wildman–Crippen LogP) is 4.18. The van der Waals surface area contributed by atoms with Gasteiger partial charge in [-0.25, -0.2) is 9.78 Å². The Balaban J connectivity index is 1.93. The molecule has 1 aromatic carbocycles. The van der Waals surface area contributed by atoms with Crippen LogP contribution in [0.4, 0.5) is 0 Å². The molecular formula is C22H25ClN2O5. The number of nitrogens with zero attached hydrogens (tertiary/aromatic N) is 1. The van der Waals surface area contributed by atoms with E-state index in [0.29, 0.717) is 46.5 Å². The van der Waals surface area contributed by atoms with Gasteiger partial charge in [-0.3, -0.25) is 4.79 Å². The van der Waals surface area contributed by atoms with Crippen molar-refractivity contribution in [3.8, 4) is 22.8 Å². The molecule has 8 heteroatoms. The monoisotopic (exact) mass is 432 g/mol. The number of pyridine rings is 1. The van der Waals surface area contributed by atoms with E-state index in [1.807, 2.05) is 0 Å². The smallest absolute Gasteiger partial charge is 0.329 e. The molecule has 0 spiro atoms. The fraction of sp³-hybridized carbons (Fsp3) is 0.409. The van der Waals surface area contributed by atoms with E-state index in [2.05, 4.69) is 17.2 Å². The highest BCUT2D eigenvalue weighted by Crippen LogP contribution is 2.35. The second-order valence-electron chi connectivity index (χ2n) is 7.65. The molecule has 2 N–H and O–H groups in total. The summed E-state index contributed by atoms with van der Waals surface area (Å²) in [5.74, 6) is -0.193. The van der Waals surface area contributed by atoms with Crippen LogP contribution in [0.25, 0.3) is 11.1 Å². The van der Waals surface area contributed by atoms with Gasteiger partial charge in [-0.15, -0.1) is 0 Å². The Morgan fingerprint density at radius 2 is 1.90 bits per heavy atom. The van der Waals surface area contributed by atoms with Gasteiger partial charge in [0.05, 0.1) is 24.8 Å². The van der Waals surface area contributed by atoms with Crippen molar-refractivity contribution in [3.05, 3.63) is 41.0 Å². The Morgan fingerprint density at radius 1 is 1.20 bits per heavy atom. The average molecular weight is 433 g/mol. The number of ether oxygens (including phenoxy) is 2. The van der Waals surface area contributed by atoms with Crippen LogP contribution in [0.15, 0.2) is 30.5 Å². The molecule has 1 aromatic heterocycles. The molecular weight excluding hydrogens is 408 g/mol. The molecule has 1 heterocycles. The van der Waals surface area contributed by atoms with Crippen molar-refractivity contribution in [2.45, 2.75) is 38.1 Å². The molecule has 30 heavy (non-hydrogen) atoms. The minimum Gasteiger partial charge on any atom is -0.495 e. The summed E-state index contributed by atoms with van der Waals surface area (Å²) in [7, 11) is 3.01. The number of benzene rings is 1. The fourth-order valence-electron chi connectivity index (χ4n) is 3.72. The SMILES string of the molecule is COc1ccc(-c2cc(C(=O)N[C@]3(C(=O)O)CC[C@H](C)CC3)cnc2OC)cc1Cl. The van der Waals surface area contributed by atoms with Crippen molar-refractivity contribution in [3.63, 3.8) is 0 Å². The van der Waals surface area contributed by atoms with Gasteiger partial charge >= 0.3 is 5.97 Å². The fourth-order valence-corrected chi connectivity index (χ4v) is 3.97. The van der Waals surface area contributed by atoms with Crippen LogP contribution in [-0.4, -0.2) is 41.7 Å². The number of carbonyl (C=O) groups is 2. The van der Waals surface area contributed by atoms with E-state index >= 15 is 0 Å². The number of nitrogens with one attached hydrogen (secondary N) is 1. The quantitative estimate of drug-likeness (QED) is 0.710. The first-order valence-corrected chi connectivity index (χ1v) is 10.1. The number of methoxy groups -OCH3 is 2. The maximum absolute atomic E-state index is 13.0. The molecule has 1 aliphatic carbocycles. The maximum Gasteiger partial charge on any atom is 0.329 e. The van der Waals surface area contributed by atoms with Gasteiger partial charge in [-0.2, -0.15) is 0 Å². The Kier molecular flexibility index (Phi) is 6.51. The highest BCUT2D eigenvalue weighted by atomic mass is 35.5. The standard InChI is InChI=1S/C22H25ClN2O5/c1-13-6-8-22(9-7-13,21(27)28)25-19(26)15-10-16(20(30-3)24-12-15)14-4-5-18(29-2)17(23)11-14/h4-5,10-13H,6-9H2,1-3H3,(H,25,26)(H,27,28)/t13-,22+. The largest absolute Gasteiger partial charge is 0.495 e. The normalized spacial score (nSPS) is 21.0. The van der Waals surface area contributed by atoms with Crippen LogP contribution in [0.2, 0.25) is 5.02 Å². The third kappa shape index (κ3) is 4.36. The molecule has 0 saturated heterocycles. The number of aliphatic carboxylic acids is 1. The first-order chi connectivity index (χ1) is 14.3. The molecule has 1 fully saturated rings. The van der Waals surface area contributed by atoms with Gasteiger partial charge in [0.25, 0.3) is 5.91 Å². The zero-order valence-corrected chi connectivity index (χ0v) is 18.0. The molecule has 0 unspecified atom stereocenters. The molecule has 0 bridgehead atoms. The lowest BCUT2D eigenvalue weighted by Crippen LogP contribution is -2.56. The number of aromatic nitrogens is 1. The lowest BCUT2D eigenvalue weighted by atomic mass is 9.77. The predicted molar refractivity (Wildman–Crippen MR) is 113 cm³/mol. The molecule has 2 aromatic rings. The topological polar surface area (TPSA) is 97.8 Å². The summed E-state index contributed by atoms with van der Waals surface area (Å²) in [6.07, 6.45) is 3.69. The van der Waals surface area contributed by atoms with Crippen LogP contribution in [-0.2, 0) is 4.79 Å². The van der Waals surface area contributed by atoms with Crippen molar-refractivity contribution in [1.29, 1.82) is 0 Å². The van der Waals surface area contributed by atoms with Crippen LogP contribution in [0.1, 0.15) is 43.0 Å². The van der Waals surface area contributed by atoms with Gasteiger partial charge in [0, 0.05) is 11.8 Å². The zero-order valence-electron chi connectivity index (χ0n) is 17.2. The highest BCUT2D eigenvalue weighted by molar-refractivity contribution is 6.32. The Hall–Kier alpha value is -2.80. The third-order valence-electron chi connectivity index (χ3n) is 5.66. The van der Waals surface area contributed by atoms with Gasteiger partial charge < -0.3 is 19.9 Å². The van der Waals surface area contributed by atoms with Crippen molar-refractivity contribution >= 4 is 23.5 Å². The van der Waals surface area contributed by atoms with E-state index < -0.39 is 17.4 Å². The van der Waals surface area contributed by atoms with E-state index in [9.17, 15) is 14.7 Å². The van der Waals surface area contributed by atoms with Gasteiger partial charge in [0.1, 0.15) is 11.3 Å². The Morgan fingerprint density at radius 3 is 2.47 bits per heavy atom. The molecule has 160 valence electrons. The van der Waals surface area contributed by atoms with Crippen LogP contribution in [0, 0.1) is 5.92 Å². The molecule has 1 saturated carbocycles. The van der Waals surface area contributed by atoms with E-state index in [1.165, 1.54) is 20.4 Å². The lowest BCUT2D eigenvalue weighted by molar-refractivity contribution is -0.146. The number of carboxylic acid groups (broad SMARTS) is 1. The van der Waals surface area contributed by atoms with Gasteiger partial charge in [0.2, 0.25) is 5.88 Å². The van der Waals surface area contributed by atoms with Gasteiger partial charge in [-0.05, 0) is 55.4 Å². The van der Waals surface area contributed by atoms with Crippen molar-refractivity contribution in [2.24, 2.45) is 5.92 Å². The number of rotatable bonds is 6. The van der Waals surface area contributed by atoms with E-state index in [1.54, 1.807) is 24.3 Å². The zero-order chi connectivity index (χ0) is 21.9. The first-order valence-electron chi connectivity index (χ1n) is 9.73. The van der Waals surface area contributed by atoms with Crippen LogP contribution in [0.3, 0.4) is 0 Å². The second-order valence-corrected chi connectivity index (χ2v) is 8.06. The minimum absolute atomic E-state index is 0.247. The van der Waals surface area contributed by atoms with Gasteiger partial charge in [0.15, 0.2) is 0 Å². The summed E-state index contributed by atoms with van der Waals surface area (Å²) in [5, 5.41) is 12.9. The molecule has 3 rings (SSSR count). The summed E-state index contributed by atoms with van der Waals surface area (Å²) in [6, 6.07) is 6.82. The van der Waals surface area contributed by atoms with Crippen LogP contribution >= 0.6 is 11.6 Å². The van der Waals surface area contributed by atoms with E-state index in [4.69, 9.17) is 21.1 Å². The van der Waals surface area contributed by atoms with Crippen molar-refractivity contribution < 1.29 is 24.2 Å². The Labute approximate surface area is 180 Å². The molecule has 0 aliphatic heterocycles. The van der Waals surface area contributed by atoms with Crippen LogP contribution < -0.4 is 14.8 Å². The number of carbonyl (C=O) groups excluding carboxylic acids is 1. The number of carboxylic acids is 1. The number of halogens is 1. The summed E-state index contributed by atoms with van der Waals surface area (Å²) in [6.45, 7) is 2.09. The lowest BCUT2D eigenvalue weighted by Gasteiger charge is -2.36. The molecule has 1 amide bonds. The number of hydrogen-bond donors (Lipinski definition) is 2. The minimum atomic E-state index is -1.26. The number of hydrogen-bond acceptors (Lipinski definition) is 5. The second kappa shape index (κ2) is 8.92. The van der Waals surface area contributed by atoms with Crippen LogP contribution in [0.5, 0.6) is 11.6 Å². The molecule has 0 radical (unpaired) electrons. The average Bonchev–Trinajstić information content (AvgIpc) is 2.74. The number of amides is 1. The third-order valence-corrected chi connectivity index (χ3v) is 5.95. The Bertz CT molecular complexity index is 955. The van der Waals surface area contributed by atoms with Gasteiger partial charge in [-0.1, -0.05) is 24.6 Å². The summed E-state index contributed by atoms with van der Waals surface area (Å²) >= 11 is 6.24. The maximum atomic E-state index is 13.0. The van der Waals surface area contributed by atoms with Crippen molar-refractivity contribution in [1.82, 2.24) is 10.3 Å².